The minimum atomic E-state index is 1.05. The highest BCUT2D eigenvalue weighted by atomic mass is 15.2. The van der Waals surface area contributed by atoms with Crippen LogP contribution < -0.4 is 0 Å². The average Bonchev–Trinajstić information content (AvgIpc) is 2.21. The van der Waals surface area contributed by atoms with Gasteiger partial charge in [0.1, 0.15) is 0 Å². The van der Waals surface area contributed by atoms with Gasteiger partial charge in [-0.2, -0.15) is 0 Å². The van der Waals surface area contributed by atoms with E-state index in [1.54, 1.807) is 0 Å². The molecule has 2 heteroatoms. The first-order valence-electron chi connectivity index (χ1n) is 4.99. The molecule has 1 heterocycles. The highest BCUT2D eigenvalue weighted by molar-refractivity contribution is 5.10. The van der Waals surface area contributed by atoms with Gasteiger partial charge in [-0.3, -0.25) is 0 Å². The molecular formula is C11H22N2. The molecule has 0 N–H and O–H groups in total. The van der Waals surface area contributed by atoms with Gasteiger partial charge < -0.3 is 9.80 Å². The monoisotopic (exact) mass is 182 g/mol. The molecule has 2 nitrogen and oxygen atoms in total. The normalized spacial score (nSPS) is 17.3. The van der Waals surface area contributed by atoms with Crippen LogP contribution in [-0.4, -0.2) is 43.0 Å². The van der Waals surface area contributed by atoms with E-state index in [0.29, 0.717) is 0 Å². The Morgan fingerprint density at radius 2 is 1.62 bits per heavy atom. The minimum Gasteiger partial charge on any atom is -0.369 e. The summed E-state index contributed by atoms with van der Waals surface area (Å²) in [5.74, 6) is 0. The van der Waals surface area contributed by atoms with E-state index < -0.39 is 0 Å². The molecule has 1 aliphatic heterocycles. The van der Waals surface area contributed by atoms with Gasteiger partial charge in [0.15, 0.2) is 0 Å². The van der Waals surface area contributed by atoms with Crippen molar-refractivity contribution >= 4 is 0 Å². The third-order valence-corrected chi connectivity index (χ3v) is 2.15. The number of likely N-dealkylation sites (N-methyl/N-ethyl adjacent to an activating group) is 1. The lowest BCUT2D eigenvalue weighted by atomic mass is 10.3. The molecule has 13 heavy (non-hydrogen) atoms. The van der Waals surface area contributed by atoms with Crippen LogP contribution in [0, 0.1) is 0 Å². The number of allylic oxidation sites excluding steroid dienone is 1. The molecule has 0 aliphatic carbocycles. The molecule has 1 saturated heterocycles. The predicted octanol–water partition coefficient (Wildman–Crippen LogP) is 1.96. The zero-order chi connectivity index (χ0) is 10.3. The topological polar surface area (TPSA) is 6.48 Å². The van der Waals surface area contributed by atoms with Gasteiger partial charge in [-0.1, -0.05) is 27.0 Å². The largest absolute Gasteiger partial charge is 0.369 e. The van der Waals surface area contributed by atoms with E-state index in [1.807, 2.05) is 19.9 Å². The molecule has 1 fully saturated rings. The molecule has 0 atom stereocenters. The van der Waals surface area contributed by atoms with Crippen LogP contribution in [0.3, 0.4) is 0 Å². The highest BCUT2D eigenvalue weighted by Gasteiger charge is 2.12. The van der Waals surface area contributed by atoms with Gasteiger partial charge in [-0.25, -0.2) is 0 Å². The average molecular weight is 182 g/mol. The molecule has 1 rings (SSSR count). The zero-order valence-corrected chi connectivity index (χ0v) is 9.21. The van der Waals surface area contributed by atoms with E-state index in [4.69, 9.17) is 0 Å². The number of piperazine rings is 1. The van der Waals surface area contributed by atoms with Gasteiger partial charge in [-0.15, -0.1) is 0 Å². The van der Waals surface area contributed by atoms with Crippen LogP contribution in [0.1, 0.15) is 13.8 Å². The predicted molar refractivity (Wildman–Crippen MR) is 59.8 cm³/mol. The first-order valence-corrected chi connectivity index (χ1v) is 4.99. The number of hydrogen-bond acceptors (Lipinski definition) is 2. The zero-order valence-electron chi connectivity index (χ0n) is 9.21. The number of nitrogens with zero attached hydrogens (tertiary/aromatic N) is 2. The highest BCUT2D eigenvalue weighted by Crippen LogP contribution is 2.06. The van der Waals surface area contributed by atoms with Crippen LogP contribution in [0.4, 0.5) is 0 Å². The SMILES string of the molecule is C=CC(=C)N1CCN(C)CC1.CC. The van der Waals surface area contributed by atoms with Crippen LogP contribution in [0.5, 0.6) is 0 Å². The molecule has 1 aliphatic rings. The number of hydrogen-bond donors (Lipinski definition) is 0. The van der Waals surface area contributed by atoms with Crippen LogP contribution in [0.2, 0.25) is 0 Å². The molecule has 76 valence electrons. The Morgan fingerprint density at radius 1 is 1.15 bits per heavy atom. The van der Waals surface area contributed by atoms with Crippen molar-refractivity contribution in [2.45, 2.75) is 13.8 Å². The molecule has 0 amide bonds. The summed E-state index contributed by atoms with van der Waals surface area (Å²) in [7, 11) is 2.15. The van der Waals surface area contributed by atoms with Gasteiger partial charge in [0, 0.05) is 31.9 Å². The Kier molecular flexibility index (Phi) is 6.33. The molecule has 0 aromatic carbocycles. The molecule has 0 bridgehead atoms. The Bertz CT molecular complexity index is 155. The Balaban J connectivity index is 0.000000671. The van der Waals surface area contributed by atoms with Crippen molar-refractivity contribution in [2.75, 3.05) is 33.2 Å². The summed E-state index contributed by atoms with van der Waals surface area (Å²) < 4.78 is 0. The lowest BCUT2D eigenvalue weighted by Gasteiger charge is -2.34. The molecule has 0 unspecified atom stereocenters. The summed E-state index contributed by atoms with van der Waals surface area (Å²) in [6.07, 6.45) is 1.82. The summed E-state index contributed by atoms with van der Waals surface area (Å²) >= 11 is 0. The maximum atomic E-state index is 3.91. The van der Waals surface area contributed by atoms with Crippen LogP contribution in [0.25, 0.3) is 0 Å². The third-order valence-electron chi connectivity index (χ3n) is 2.15. The molecular weight excluding hydrogens is 160 g/mol. The minimum absolute atomic E-state index is 1.05. The number of rotatable bonds is 2. The van der Waals surface area contributed by atoms with E-state index >= 15 is 0 Å². The second-order valence-corrected chi connectivity index (χ2v) is 2.99. The summed E-state index contributed by atoms with van der Waals surface area (Å²) in [6.45, 7) is 16.0. The summed E-state index contributed by atoms with van der Waals surface area (Å²) in [5.41, 5.74) is 1.05. The van der Waals surface area contributed by atoms with E-state index in [9.17, 15) is 0 Å². The molecule has 0 aromatic heterocycles. The molecule has 0 radical (unpaired) electrons. The van der Waals surface area contributed by atoms with Crippen molar-refractivity contribution in [3.8, 4) is 0 Å². The smallest absolute Gasteiger partial charge is 0.0306 e. The fourth-order valence-electron chi connectivity index (χ4n) is 1.22. The van der Waals surface area contributed by atoms with Crippen LogP contribution in [-0.2, 0) is 0 Å². The Hall–Kier alpha value is -0.760. The lowest BCUT2D eigenvalue weighted by molar-refractivity contribution is 0.191. The van der Waals surface area contributed by atoms with Crippen molar-refractivity contribution in [3.63, 3.8) is 0 Å². The van der Waals surface area contributed by atoms with Gasteiger partial charge in [0.05, 0.1) is 0 Å². The van der Waals surface area contributed by atoms with Crippen LogP contribution >= 0.6 is 0 Å². The van der Waals surface area contributed by atoms with Crippen molar-refractivity contribution in [1.82, 2.24) is 9.80 Å². The van der Waals surface area contributed by atoms with E-state index in [1.165, 1.54) is 0 Å². The summed E-state index contributed by atoms with van der Waals surface area (Å²) in [6, 6.07) is 0. The van der Waals surface area contributed by atoms with Gasteiger partial charge in [0.25, 0.3) is 0 Å². The van der Waals surface area contributed by atoms with Crippen molar-refractivity contribution in [2.24, 2.45) is 0 Å². The van der Waals surface area contributed by atoms with E-state index in [2.05, 4.69) is 30.0 Å². The Morgan fingerprint density at radius 3 is 2.00 bits per heavy atom. The second kappa shape index (κ2) is 6.72. The Labute approximate surface area is 82.5 Å². The van der Waals surface area contributed by atoms with Gasteiger partial charge >= 0.3 is 0 Å². The van der Waals surface area contributed by atoms with E-state index in [-0.39, 0.29) is 0 Å². The molecule has 0 saturated carbocycles. The van der Waals surface area contributed by atoms with Gasteiger partial charge in [0.2, 0.25) is 0 Å². The molecule has 0 aromatic rings. The van der Waals surface area contributed by atoms with Crippen molar-refractivity contribution in [3.05, 3.63) is 24.9 Å². The third kappa shape index (κ3) is 4.13. The lowest BCUT2D eigenvalue weighted by Crippen LogP contribution is -2.43. The van der Waals surface area contributed by atoms with Crippen molar-refractivity contribution in [1.29, 1.82) is 0 Å². The maximum Gasteiger partial charge on any atom is 0.0306 e. The quantitative estimate of drug-likeness (QED) is 0.602. The maximum absolute atomic E-state index is 3.91. The van der Waals surface area contributed by atoms with Gasteiger partial charge in [-0.05, 0) is 13.1 Å². The summed E-state index contributed by atoms with van der Waals surface area (Å²) in [4.78, 5) is 4.60. The standard InChI is InChI=1S/C9H16N2.C2H6/c1-4-9(2)11-7-5-10(3)6-8-11;1-2/h4H,1-2,5-8H2,3H3;1-2H3. The first kappa shape index (κ1) is 12.2. The molecule has 0 spiro atoms. The fourth-order valence-corrected chi connectivity index (χ4v) is 1.22. The first-order chi connectivity index (χ1) is 6.24. The van der Waals surface area contributed by atoms with Crippen molar-refractivity contribution < 1.29 is 0 Å². The fraction of sp³-hybridized carbons (Fsp3) is 0.636. The summed E-state index contributed by atoms with van der Waals surface area (Å²) in [5, 5.41) is 0. The van der Waals surface area contributed by atoms with E-state index in [0.717, 1.165) is 31.9 Å². The van der Waals surface area contributed by atoms with Crippen LogP contribution in [0.15, 0.2) is 24.9 Å². The second-order valence-electron chi connectivity index (χ2n) is 2.99.